The largest absolute Gasteiger partial charge is 0.392 e. The van der Waals surface area contributed by atoms with Crippen LogP contribution in [0.2, 0.25) is 0 Å². The fourth-order valence-electron chi connectivity index (χ4n) is 0.0598. The monoisotopic (exact) mass is 140 g/mol. The standard InChI is InChI=1S/C4H6Cl2O/c1-3(2-7)4(5)6/h7H,2H2,1H3. The van der Waals surface area contributed by atoms with Crippen LogP contribution in [0.3, 0.4) is 0 Å². The molecule has 1 N–H and O–H groups in total. The molecule has 0 heterocycles. The van der Waals surface area contributed by atoms with Gasteiger partial charge in [0.05, 0.1) is 6.61 Å². The van der Waals surface area contributed by atoms with Crippen molar-refractivity contribution in [3.05, 3.63) is 10.1 Å². The van der Waals surface area contributed by atoms with E-state index < -0.39 is 0 Å². The molecule has 0 fully saturated rings. The Balaban J connectivity index is 3.72. The molecular formula is C4H6Cl2O. The van der Waals surface area contributed by atoms with Crippen molar-refractivity contribution in [3.8, 4) is 0 Å². The van der Waals surface area contributed by atoms with Gasteiger partial charge in [0.25, 0.3) is 0 Å². The molecule has 1 nitrogen and oxygen atoms in total. The molecule has 7 heavy (non-hydrogen) atoms. The van der Waals surface area contributed by atoms with Crippen molar-refractivity contribution >= 4 is 23.2 Å². The molecule has 0 saturated heterocycles. The van der Waals surface area contributed by atoms with Gasteiger partial charge in [-0.3, -0.25) is 0 Å². The summed E-state index contributed by atoms with van der Waals surface area (Å²) in [6, 6.07) is 0. The summed E-state index contributed by atoms with van der Waals surface area (Å²) in [5.74, 6) is 0. The number of rotatable bonds is 1. The van der Waals surface area contributed by atoms with Crippen LogP contribution in [0.1, 0.15) is 6.92 Å². The summed E-state index contributed by atoms with van der Waals surface area (Å²) in [5, 5.41) is 8.28. The minimum atomic E-state index is -0.0671. The van der Waals surface area contributed by atoms with Crippen LogP contribution in [-0.2, 0) is 0 Å². The first-order chi connectivity index (χ1) is 3.18. The van der Waals surface area contributed by atoms with Crippen LogP contribution in [0.25, 0.3) is 0 Å². The predicted molar refractivity (Wildman–Crippen MR) is 31.5 cm³/mol. The Morgan fingerprint density at radius 3 is 2.00 bits per heavy atom. The maximum absolute atomic E-state index is 8.28. The average molecular weight is 141 g/mol. The van der Waals surface area contributed by atoms with Gasteiger partial charge in [0, 0.05) is 0 Å². The number of aliphatic hydroxyl groups excluding tert-OH is 1. The van der Waals surface area contributed by atoms with Crippen molar-refractivity contribution in [1.82, 2.24) is 0 Å². The summed E-state index contributed by atoms with van der Waals surface area (Å²) in [4.78, 5) is 0. The molecule has 0 aromatic rings. The number of hydrogen-bond donors (Lipinski definition) is 1. The van der Waals surface area contributed by atoms with Gasteiger partial charge >= 0.3 is 0 Å². The van der Waals surface area contributed by atoms with Gasteiger partial charge in [0.15, 0.2) is 0 Å². The molecule has 0 radical (unpaired) electrons. The van der Waals surface area contributed by atoms with Crippen LogP contribution < -0.4 is 0 Å². The Hall–Kier alpha value is 0.280. The van der Waals surface area contributed by atoms with E-state index in [1.54, 1.807) is 6.92 Å². The van der Waals surface area contributed by atoms with E-state index in [4.69, 9.17) is 28.3 Å². The lowest BCUT2D eigenvalue weighted by molar-refractivity contribution is 0.331. The molecule has 0 aromatic carbocycles. The minimum absolute atomic E-state index is 0.0671. The molecule has 0 aliphatic heterocycles. The van der Waals surface area contributed by atoms with Gasteiger partial charge in [-0.05, 0) is 12.5 Å². The topological polar surface area (TPSA) is 20.2 Å². The average Bonchev–Trinajstić information content (AvgIpc) is 1.65. The quantitative estimate of drug-likeness (QED) is 0.588. The summed E-state index contributed by atoms with van der Waals surface area (Å²) in [6.45, 7) is 1.59. The lowest BCUT2D eigenvalue weighted by Gasteiger charge is -1.89. The Bertz CT molecular complexity index is 83.7. The van der Waals surface area contributed by atoms with E-state index in [0.717, 1.165) is 0 Å². The molecule has 0 saturated carbocycles. The van der Waals surface area contributed by atoms with E-state index in [1.165, 1.54) is 0 Å². The molecule has 0 spiro atoms. The third-order valence-electron chi connectivity index (χ3n) is 0.560. The van der Waals surface area contributed by atoms with Crippen molar-refractivity contribution in [2.24, 2.45) is 0 Å². The maximum atomic E-state index is 8.28. The normalized spacial score (nSPS) is 8.57. The third-order valence-corrected chi connectivity index (χ3v) is 1.21. The molecule has 0 aliphatic carbocycles. The highest BCUT2D eigenvalue weighted by Crippen LogP contribution is 2.11. The number of aliphatic hydroxyl groups is 1. The third kappa shape index (κ3) is 2.92. The molecule has 42 valence electrons. The van der Waals surface area contributed by atoms with Crippen LogP contribution in [0.15, 0.2) is 10.1 Å². The molecule has 0 aromatic heterocycles. The van der Waals surface area contributed by atoms with E-state index in [-0.39, 0.29) is 11.1 Å². The first-order valence-corrected chi connectivity index (χ1v) is 2.55. The predicted octanol–water partition coefficient (Wildman–Crippen LogP) is 1.69. The van der Waals surface area contributed by atoms with Gasteiger partial charge in [-0.2, -0.15) is 0 Å². The van der Waals surface area contributed by atoms with E-state index in [9.17, 15) is 0 Å². The maximum Gasteiger partial charge on any atom is 0.108 e. The Kier molecular flexibility index (Phi) is 3.44. The van der Waals surface area contributed by atoms with Crippen molar-refractivity contribution < 1.29 is 5.11 Å². The van der Waals surface area contributed by atoms with E-state index in [1.807, 2.05) is 0 Å². The van der Waals surface area contributed by atoms with Gasteiger partial charge in [0.2, 0.25) is 0 Å². The van der Waals surface area contributed by atoms with Gasteiger partial charge in [0.1, 0.15) is 4.49 Å². The fraction of sp³-hybridized carbons (Fsp3) is 0.500. The van der Waals surface area contributed by atoms with Gasteiger partial charge in [-0.1, -0.05) is 23.2 Å². The summed E-state index contributed by atoms with van der Waals surface area (Å²) in [6.07, 6.45) is 0. The van der Waals surface area contributed by atoms with Gasteiger partial charge < -0.3 is 5.11 Å². The highest BCUT2D eigenvalue weighted by atomic mass is 35.5. The van der Waals surface area contributed by atoms with E-state index >= 15 is 0 Å². The first-order valence-electron chi connectivity index (χ1n) is 1.80. The van der Waals surface area contributed by atoms with Crippen LogP contribution in [-0.4, -0.2) is 11.7 Å². The summed E-state index contributed by atoms with van der Waals surface area (Å²) in [7, 11) is 0. The molecule has 0 aliphatic rings. The summed E-state index contributed by atoms with van der Waals surface area (Å²) in [5.41, 5.74) is 0.600. The number of halogens is 2. The molecule has 0 bridgehead atoms. The summed E-state index contributed by atoms with van der Waals surface area (Å²) < 4.78 is 0.155. The van der Waals surface area contributed by atoms with Crippen molar-refractivity contribution in [2.45, 2.75) is 6.92 Å². The Labute approximate surface area is 52.5 Å². The molecule has 0 rings (SSSR count). The zero-order valence-electron chi connectivity index (χ0n) is 3.91. The highest BCUT2D eigenvalue weighted by molar-refractivity contribution is 6.56. The highest BCUT2D eigenvalue weighted by Gasteiger charge is 1.89. The first kappa shape index (κ1) is 7.28. The minimum Gasteiger partial charge on any atom is -0.392 e. The lowest BCUT2D eigenvalue weighted by atomic mass is 10.4. The lowest BCUT2D eigenvalue weighted by Crippen LogP contribution is -1.82. The smallest absolute Gasteiger partial charge is 0.108 e. The fourth-order valence-corrected chi connectivity index (χ4v) is 0.179. The Morgan fingerprint density at radius 1 is 1.57 bits per heavy atom. The Morgan fingerprint density at radius 2 is 2.00 bits per heavy atom. The van der Waals surface area contributed by atoms with Crippen LogP contribution in [0.5, 0.6) is 0 Å². The molecule has 3 heteroatoms. The summed E-state index contributed by atoms with van der Waals surface area (Å²) >= 11 is 10.4. The zero-order chi connectivity index (χ0) is 5.86. The molecule has 0 amide bonds. The van der Waals surface area contributed by atoms with Crippen molar-refractivity contribution in [1.29, 1.82) is 0 Å². The second-order valence-electron chi connectivity index (χ2n) is 1.20. The molecular weight excluding hydrogens is 135 g/mol. The van der Waals surface area contributed by atoms with Crippen molar-refractivity contribution in [3.63, 3.8) is 0 Å². The van der Waals surface area contributed by atoms with Crippen LogP contribution in [0.4, 0.5) is 0 Å². The van der Waals surface area contributed by atoms with Crippen LogP contribution in [0, 0.1) is 0 Å². The second kappa shape index (κ2) is 3.30. The van der Waals surface area contributed by atoms with Gasteiger partial charge in [-0.15, -0.1) is 0 Å². The molecule has 0 atom stereocenters. The van der Waals surface area contributed by atoms with Crippen LogP contribution >= 0.6 is 23.2 Å². The SMILES string of the molecule is CC(CO)=C(Cl)Cl. The second-order valence-corrected chi connectivity index (χ2v) is 2.15. The molecule has 0 unspecified atom stereocenters. The van der Waals surface area contributed by atoms with E-state index in [2.05, 4.69) is 0 Å². The van der Waals surface area contributed by atoms with Gasteiger partial charge in [-0.25, -0.2) is 0 Å². The number of hydrogen-bond acceptors (Lipinski definition) is 1. The zero-order valence-corrected chi connectivity index (χ0v) is 5.42. The van der Waals surface area contributed by atoms with E-state index in [0.29, 0.717) is 5.57 Å². The van der Waals surface area contributed by atoms with Crippen molar-refractivity contribution in [2.75, 3.05) is 6.61 Å².